The first-order valence-electron chi connectivity index (χ1n) is 8.01. The molecule has 1 unspecified atom stereocenters. The highest BCUT2D eigenvalue weighted by Gasteiger charge is 2.11. The molecule has 7 heteroatoms. The quantitative estimate of drug-likeness (QED) is 0.478. The largest absolute Gasteiger partial charge is 0.490 e. The van der Waals surface area contributed by atoms with Gasteiger partial charge in [0.2, 0.25) is 0 Å². The van der Waals surface area contributed by atoms with Gasteiger partial charge in [-0.15, -0.1) is 0 Å². The molecule has 0 aliphatic rings. The van der Waals surface area contributed by atoms with Gasteiger partial charge < -0.3 is 15.2 Å². The molecule has 0 aromatic heterocycles. The van der Waals surface area contributed by atoms with E-state index < -0.39 is 11.0 Å². The van der Waals surface area contributed by atoms with Crippen LogP contribution in [0, 0.1) is 10.1 Å². The molecule has 134 valence electrons. The van der Waals surface area contributed by atoms with Crippen LogP contribution in [0.2, 0.25) is 5.02 Å². The number of non-ortho nitro benzene ring substituents is 1. The minimum absolute atomic E-state index is 0.0830. The molecule has 3 aromatic rings. The number of benzene rings is 3. The highest BCUT2D eigenvalue weighted by atomic mass is 35.5. The number of fused-ring (bicyclic) bond motifs is 1. The Kier molecular flexibility index (Phi) is 5.55. The van der Waals surface area contributed by atoms with Crippen LogP contribution >= 0.6 is 11.6 Å². The second kappa shape index (κ2) is 8.03. The van der Waals surface area contributed by atoms with E-state index in [1.165, 1.54) is 18.2 Å². The minimum Gasteiger partial charge on any atom is -0.490 e. The number of nitro groups is 1. The van der Waals surface area contributed by atoms with Crippen molar-refractivity contribution in [1.82, 2.24) is 0 Å². The van der Waals surface area contributed by atoms with Crippen LogP contribution in [0.4, 0.5) is 11.4 Å². The Labute approximate surface area is 155 Å². The average molecular weight is 373 g/mol. The fourth-order valence-electron chi connectivity index (χ4n) is 2.56. The summed E-state index contributed by atoms with van der Waals surface area (Å²) < 4.78 is 5.74. The highest BCUT2D eigenvalue weighted by Crippen LogP contribution is 2.27. The van der Waals surface area contributed by atoms with Crippen molar-refractivity contribution in [3.63, 3.8) is 0 Å². The van der Waals surface area contributed by atoms with Crippen molar-refractivity contribution in [2.75, 3.05) is 18.5 Å². The van der Waals surface area contributed by atoms with Crippen molar-refractivity contribution in [1.29, 1.82) is 0 Å². The lowest BCUT2D eigenvalue weighted by Crippen LogP contribution is -2.26. The predicted molar refractivity (Wildman–Crippen MR) is 102 cm³/mol. The van der Waals surface area contributed by atoms with Crippen LogP contribution in [0.15, 0.2) is 60.7 Å². The molecule has 1 atom stereocenters. The lowest BCUT2D eigenvalue weighted by molar-refractivity contribution is -0.384. The van der Waals surface area contributed by atoms with Crippen LogP contribution < -0.4 is 10.1 Å². The van der Waals surface area contributed by atoms with Gasteiger partial charge in [-0.05, 0) is 17.5 Å². The molecule has 3 aromatic carbocycles. The maximum Gasteiger partial charge on any atom is 0.271 e. The van der Waals surface area contributed by atoms with E-state index in [4.69, 9.17) is 16.3 Å². The van der Waals surface area contributed by atoms with Gasteiger partial charge in [-0.1, -0.05) is 48.0 Å². The van der Waals surface area contributed by atoms with E-state index in [9.17, 15) is 15.2 Å². The van der Waals surface area contributed by atoms with Crippen LogP contribution in [-0.4, -0.2) is 29.3 Å². The lowest BCUT2D eigenvalue weighted by Gasteiger charge is -2.15. The standard InChI is InChI=1S/C19H17ClN2O4/c20-17-10-14(22(24)25)8-9-18(17)21-11-15(23)12-26-19-7-3-5-13-4-1-2-6-16(13)19/h1-10,15,21,23H,11-12H2. The van der Waals surface area contributed by atoms with E-state index in [1.807, 2.05) is 42.5 Å². The fraction of sp³-hybridized carbons (Fsp3) is 0.158. The van der Waals surface area contributed by atoms with Gasteiger partial charge in [0, 0.05) is 24.1 Å². The highest BCUT2D eigenvalue weighted by molar-refractivity contribution is 6.33. The fourth-order valence-corrected chi connectivity index (χ4v) is 2.80. The van der Waals surface area contributed by atoms with Crippen LogP contribution in [-0.2, 0) is 0 Å². The van der Waals surface area contributed by atoms with Crippen molar-refractivity contribution in [2.24, 2.45) is 0 Å². The maximum absolute atomic E-state index is 10.7. The molecule has 0 bridgehead atoms. The number of aliphatic hydroxyl groups is 1. The average Bonchev–Trinajstić information content (AvgIpc) is 2.65. The molecule has 26 heavy (non-hydrogen) atoms. The Hall–Kier alpha value is -2.83. The molecule has 0 fully saturated rings. The second-order valence-corrected chi connectivity index (χ2v) is 6.15. The third kappa shape index (κ3) is 4.22. The lowest BCUT2D eigenvalue weighted by atomic mass is 10.1. The Morgan fingerprint density at radius 2 is 1.92 bits per heavy atom. The molecular weight excluding hydrogens is 356 g/mol. The number of hydrogen-bond acceptors (Lipinski definition) is 5. The number of halogens is 1. The van der Waals surface area contributed by atoms with Gasteiger partial charge in [0.1, 0.15) is 18.5 Å². The Balaban J connectivity index is 1.57. The van der Waals surface area contributed by atoms with Gasteiger partial charge in [0.25, 0.3) is 5.69 Å². The topological polar surface area (TPSA) is 84.6 Å². The molecule has 0 saturated heterocycles. The number of nitrogens with one attached hydrogen (secondary N) is 1. The maximum atomic E-state index is 10.7. The van der Waals surface area contributed by atoms with E-state index in [1.54, 1.807) is 0 Å². The van der Waals surface area contributed by atoms with Gasteiger partial charge in [-0.25, -0.2) is 0 Å². The Morgan fingerprint density at radius 3 is 2.69 bits per heavy atom. The summed E-state index contributed by atoms with van der Waals surface area (Å²) in [5.41, 5.74) is 0.432. The van der Waals surface area contributed by atoms with Crippen LogP contribution in [0.5, 0.6) is 5.75 Å². The first-order chi connectivity index (χ1) is 12.5. The minimum atomic E-state index is -0.778. The third-order valence-corrected chi connectivity index (χ3v) is 4.19. The summed E-state index contributed by atoms with van der Waals surface area (Å²) in [6.45, 7) is 0.300. The second-order valence-electron chi connectivity index (χ2n) is 5.74. The molecule has 0 saturated carbocycles. The van der Waals surface area contributed by atoms with Crippen molar-refractivity contribution < 1.29 is 14.8 Å². The molecule has 0 spiro atoms. The van der Waals surface area contributed by atoms with Gasteiger partial charge in [-0.3, -0.25) is 10.1 Å². The number of anilines is 1. The Bertz CT molecular complexity index is 927. The number of aliphatic hydroxyl groups excluding tert-OH is 1. The van der Waals surface area contributed by atoms with Gasteiger partial charge in [-0.2, -0.15) is 0 Å². The van der Waals surface area contributed by atoms with E-state index in [0.29, 0.717) is 11.4 Å². The first-order valence-corrected chi connectivity index (χ1v) is 8.39. The summed E-state index contributed by atoms with van der Waals surface area (Å²) in [6, 6.07) is 17.7. The normalized spacial score (nSPS) is 11.9. The van der Waals surface area contributed by atoms with E-state index in [2.05, 4.69) is 5.32 Å². The molecule has 0 aliphatic heterocycles. The number of ether oxygens (including phenoxy) is 1. The molecule has 6 nitrogen and oxygen atoms in total. The van der Waals surface area contributed by atoms with Crippen molar-refractivity contribution in [2.45, 2.75) is 6.10 Å². The van der Waals surface area contributed by atoms with Crippen LogP contribution in [0.3, 0.4) is 0 Å². The number of rotatable bonds is 7. The molecule has 0 radical (unpaired) electrons. The van der Waals surface area contributed by atoms with Crippen LogP contribution in [0.25, 0.3) is 10.8 Å². The number of nitrogens with zero attached hydrogens (tertiary/aromatic N) is 1. The number of nitro benzene ring substituents is 1. The van der Waals surface area contributed by atoms with E-state index in [0.717, 1.165) is 10.8 Å². The summed E-state index contributed by atoms with van der Waals surface area (Å²) >= 11 is 6.02. The summed E-state index contributed by atoms with van der Waals surface area (Å²) in [4.78, 5) is 10.2. The smallest absolute Gasteiger partial charge is 0.271 e. The predicted octanol–water partition coefficient (Wildman–Crippen LogP) is 4.25. The monoisotopic (exact) mass is 372 g/mol. The zero-order valence-corrected chi connectivity index (χ0v) is 14.5. The van der Waals surface area contributed by atoms with Crippen molar-refractivity contribution >= 4 is 33.7 Å². The molecule has 0 amide bonds. The number of hydrogen-bond donors (Lipinski definition) is 2. The van der Waals surface area contributed by atoms with Crippen molar-refractivity contribution in [3.05, 3.63) is 75.8 Å². The van der Waals surface area contributed by atoms with E-state index in [-0.39, 0.29) is 23.9 Å². The van der Waals surface area contributed by atoms with Gasteiger partial charge in [0.15, 0.2) is 0 Å². The third-order valence-electron chi connectivity index (χ3n) is 3.87. The van der Waals surface area contributed by atoms with E-state index >= 15 is 0 Å². The summed E-state index contributed by atoms with van der Waals surface area (Å²) in [7, 11) is 0. The summed E-state index contributed by atoms with van der Waals surface area (Å²) in [5.74, 6) is 0.704. The SMILES string of the molecule is O=[N+]([O-])c1ccc(NCC(O)COc2cccc3ccccc23)c(Cl)c1. The molecule has 0 aliphatic carbocycles. The molecule has 0 heterocycles. The summed E-state index contributed by atoms with van der Waals surface area (Å²) in [5, 5.41) is 26.1. The molecule has 2 N–H and O–H groups in total. The van der Waals surface area contributed by atoms with Gasteiger partial charge in [0.05, 0.1) is 15.6 Å². The van der Waals surface area contributed by atoms with Gasteiger partial charge >= 0.3 is 0 Å². The summed E-state index contributed by atoms with van der Waals surface area (Å²) in [6.07, 6.45) is -0.778. The zero-order chi connectivity index (χ0) is 18.5. The van der Waals surface area contributed by atoms with Crippen LogP contribution in [0.1, 0.15) is 0 Å². The molecular formula is C19H17ClN2O4. The first kappa shape index (κ1) is 18.0. The molecule has 3 rings (SSSR count). The zero-order valence-electron chi connectivity index (χ0n) is 13.8. The van der Waals surface area contributed by atoms with Crippen molar-refractivity contribution in [3.8, 4) is 5.75 Å². The Morgan fingerprint density at radius 1 is 1.15 bits per heavy atom.